The third-order valence-corrected chi connectivity index (χ3v) is 4.48. The summed E-state index contributed by atoms with van der Waals surface area (Å²) in [6.45, 7) is 1.31. The lowest BCUT2D eigenvalue weighted by Crippen LogP contribution is -2.30. The first-order valence-corrected chi connectivity index (χ1v) is 9.21. The standard InChI is InChI=1S/C24H25NO/c26-24(18-10-17-21-11-4-1-5-12-21)25(19-22-13-6-2-7-14-22)20-23-15-8-3-9-16-23/h1-9,11-16H,10,17-20H2. The Morgan fingerprint density at radius 1 is 0.615 bits per heavy atom. The lowest BCUT2D eigenvalue weighted by molar-refractivity contribution is -0.132. The molecule has 0 radical (unpaired) electrons. The molecular formula is C24H25NO. The molecule has 0 aliphatic carbocycles. The molecule has 0 aromatic heterocycles. The van der Waals surface area contributed by atoms with Crippen LogP contribution in [0.15, 0.2) is 91.0 Å². The van der Waals surface area contributed by atoms with Crippen molar-refractivity contribution in [1.82, 2.24) is 4.90 Å². The normalized spacial score (nSPS) is 10.5. The lowest BCUT2D eigenvalue weighted by atomic mass is 10.1. The van der Waals surface area contributed by atoms with Gasteiger partial charge in [0.25, 0.3) is 0 Å². The number of hydrogen-bond acceptors (Lipinski definition) is 1. The Kier molecular flexibility index (Phi) is 6.60. The Bertz CT molecular complexity index is 743. The monoisotopic (exact) mass is 343 g/mol. The Balaban J connectivity index is 1.62. The first kappa shape index (κ1) is 17.9. The summed E-state index contributed by atoms with van der Waals surface area (Å²) >= 11 is 0. The molecule has 26 heavy (non-hydrogen) atoms. The van der Waals surface area contributed by atoms with E-state index >= 15 is 0 Å². The van der Waals surface area contributed by atoms with E-state index in [9.17, 15) is 4.79 Å². The smallest absolute Gasteiger partial charge is 0.223 e. The molecule has 1 amide bonds. The van der Waals surface area contributed by atoms with Crippen molar-refractivity contribution in [3.05, 3.63) is 108 Å². The predicted molar refractivity (Wildman–Crippen MR) is 107 cm³/mol. The molecule has 3 aromatic carbocycles. The number of carbonyl (C=O) groups excluding carboxylic acids is 1. The van der Waals surface area contributed by atoms with Crippen LogP contribution in [0.5, 0.6) is 0 Å². The minimum atomic E-state index is 0.216. The van der Waals surface area contributed by atoms with Crippen molar-refractivity contribution in [2.45, 2.75) is 32.4 Å². The molecule has 2 nitrogen and oxygen atoms in total. The van der Waals surface area contributed by atoms with E-state index in [1.165, 1.54) is 16.7 Å². The molecule has 0 saturated heterocycles. The second kappa shape index (κ2) is 9.57. The highest BCUT2D eigenvalue weighted by molar-refractivity contribution is 5.76. The third-order valence-electron chi connectivity index (χ3n) is 4.48. The Morgan fingerprint density at radius 3 is 1.50 bits per heavy atom. The number of carbonyl (C=O) groups is 1. The number of hydrogen-bond donors (Lipinski definition) is 0. The fraction of sp³-hybridized carbons (Fsp3) is 0.208. The first-order valence-electron chi connectivity index (χ1n) is 9.21. The zero-order valence-corrected chi connectivity index (χ0v) is 15.1. The van der Waals surface area contributed by atoms with Gasteiger partial charge < -0.3 is 4.90 Å². The van der Waals surface area contributed by atoms with Gasteiger partial charge in [0.05, 0.1) is 0 Å². The maximum absolute atomic E-state index is 12.9. The third kappa shape index (κ3) is 5.59. The summed E-state index contributed by atoms with van der Waals surface area (Å²) in [5.74, 6) is 0.216. The second-order valence-corrected chi connectivity index (χ2v) is 6.56. The topological polar surface area (TPSA) is 20.3 Å². The van der Waals surface area contributed by atoms with E-state index < -0.39 is 0 Å². The fourth-order valence-electron chi connectivity index (χ4n) is 3.09. The largest absolute Gasteiger partial charge is 0.334 e. The summed E-state index contributed by atoms with van der Waals surface area (Å²) < 4.78 is 0. The highest BCUT2D eigenvalue weighted by Crippen LogP contribution is 2.13. The highest BCUT2D eigenvalue weighted by atomic mass is 16.2. The summed E-state index contributed by atoms with van der Waals surface area (Å²) in [5.41, 5.74) is 3.62. The summed E-state index contributed by atoms with van der Waals surface area (Å²) in [4.78, 5) is 14.8. The van der Waals surface area contributed by atoms with Gasteiger partial charge in [0.15, 0.2) is 0 Å². The van der Waals surface area contributed by atoms with Gasteiger partial charge in [-0.1, -0.05) is 91.0 Å². The Morgan fingerprint density at radius 2 is 1.04 bits per heavy atom. The van der Waals surface area contributed by atoms with Crippen LogP contribution in [0.1, 0.15) is 29.5 Å². The maximum Gasteiger partial charge on any atom is 0.223 e. The molecule has 0 bridgehead atoms. The van der Waals surface area contributed by atoms with Crippen LogP contribution in [0, 0.1) is 0 Å². The maximum atomic E-state index is 12.9. The van der Waals surface area contributed by atoms with E-state index in [2.05, 4.69) is 36.4 Å². The van der Waals surface area contributed by atoms with Crippen molar-refractivity contribution in [2.24, 2.45) is 0 Å². The van der Waals surface area contributed by atoms with Crippen molar-refractivity contribution in [3.63, 3.8) is 0 Å². The molecule has 0 unspecified atom stereocenters. The molecule has 0 N–H and O–H groups in total. The van der Waals surface area contributed by atoms with Crippen LogP contribution in [0.3, 0.4) is 0 Å². The van der Waals surface area contributed by atoms with E-state index in [0.29, 0.717) is 19.5 Å². The van der Waals surface area contributed by atoms with Gasteiger partial charge in [0, 0.05) is 19.5 Å². The SMILES string of the molecule is O=C(CCCc1ccccc1)N(Cc1ccccc1)Cc1ccccc1. The highest BCUT2D eigenvalue weighted by Gasteiger charge is 2.14. The Labute approximate surface area is 156 Å². The van der Waals surface area contributed by atoms with E-state index in [-0.39, 0.29) is 5.91 Å². The number of amides is 1. The van der Waals surface area contributed by atoms with Crippen LogP contribution < -0.4 is 0 Å². The van der Waals surface area contributed by atoms with Crippen LogP contribution in [0.2, 0.25) is 0 Å². The molecule has 3 rings (SSSR count). The van der Waals surface area contributed by atoms with Crippen molar-refractivity contribution < 1.29 is 4.79 Å². The molecule has 3 aromatic rings. The number of benzene rings is 3. The van der Waals surface area contributed by atoms with Crippen molar-refractivity contribution in [2.75, 3.05) is 0 Å². The van der Waals surface area contributed by atoms with E-state index in [1.807, 2.05) is 59.5 Å². The number of rotatable bonds is 8. The van der Waals surface area contributed by atoms with Crippen LogP contribution in [0.4, 0.5) is 0 Å². The number of nitrogens with zero attached hydrogens (tertiary/aromatic N) is 1. The second-order valence-electron chi connectivity index (χ2n) is 6.56. The average Bonchev–Trinajstić information content (AvgIpc) is 2.70. The van der Waals surface area contributed by atoms with Gasteiger partial charge in [-0.3, -0.25) is 4.79 Å². The molecule has 0 spiro atoms. The molecule has 0 saturated carbocycles. The molecule has 0 atom stereocenters. The van der Waals surface area contributed by atoms with Crippen molar-refractivity contribution in [1.29, 1.82) is 0 Å². The van der Waals surface area contributed by atoms with Crippen LogP contribution in [-0.4, -0.2) is 10.8 Å². The molecule has 2 heteroatoms. The van der Waals surface area contributed by atoms with Gasteiger partial charge in [-0.15, -0.1) is 0 Å². The van der Waals surface area contributed by atoms with Gasteiger partial charge in [-0.05, 0) is 29.5 Å². The summed E-state index contributed by atoms with van der Waals surface area (Å²) in [6, 6.07) is 30.8. The van der Waals surface area contributed by atoms with Crippen LogP contribution in [-0.2, 0) is 24.3 Å². The summed E-state index contributed by atoms with van der Waals surface area (Å²) in [6.07, 6.45) is 2.40. The number of aryl methyl sites for hydroxylation is 1. The van der Waals surface area contributed by atoms with Crippen molar-refractivity contribution >= 4 is 5.91 Å². The minimum absolute atomic E-state index is 0.216. The van der Waals surface area contributed by atoms with Gasteiger partial charge in [-0.2, -0.15) is 0 Å². The zero-order chi connectivity index (χ0) is 18.0. The first-order chi connectivity index (χ1) is 12.8. The fourth-order valence-corrected chi connectivity index (χ4v) is 3.09. The summed E-state index contributed by atoms with van der Waals surface area (Å²) in [5, 5.41) is 0. The lowest BCUT2D eigenvalue weighted by Gasteiger charge is -2.23. The molecule has 0 heterocycles. The van der Waals surface area contributed by atoms with Gasteiger partial charge in [0.2, 0.25) is 5.91 Å². The zero-order valence-electron chi connectivity index (χ0n) is 15.1. The quantitative estimate of drug-likeness (QED) is 0.548. The van der Waals surface area contributed by atoms with E-state index in [1.54, 1.807) is 0 Å². The molecule has 132 valence electrons. The average molecular weight is 343 g/mol. The summed E-state index contributed by atoms with van der Waals surface area (Å²) in [7, 11) is 0. The Hall–Kier alpha value is -2.87. The van der Waals surface area contributed by atoms with Crippen LogP contribution >= 0.6 is 0 Å². The van der Waals surface area contributed by atoms with Gasteiger partial charge >= 0.3 is 0 Å². The molecule has 0 aliphatic rings. The van der Waals surface area contributed by atoms with E-state index in [0.717, 1.165) is 12.8 Å². The molecular weight excluding hydrogens is 318 g/mol. The van der Waals surface area contributed by atoms with E-state index in [4.69, 9.17) is 0 Å². The molecule has 0 aliphatic heterocycles. The van der Waals surface area contributed by atoms with Gasteiger partial charge in [-0.25, -0.2) is 0 Å². The van der Waals surface area contributed by atoms with Crippen molar-refractivity contribution in [3.8, 4) is 0 Å². The minimum Gasteiger partial charge on any atom is -0.334 e. The predicted octanol–water partition coefficient (Wildman–Crippen LogP) is 5.24. The molecule has 0 fully saturated rings. The van der Waals surface area contributed by atoms with Crippen LogP contribution in [0.25, 0.3) is 0 Å². The van der Waals surface area contributed by atoms with Gasteiger partial charge in [0.1, 0.15) is 0 Å².